The Hall–Kier alpha value is -2.49. The zero-order valence-corrected chi connectivity index (χ0v) is 18.2. The van der Waals surface area contributed by atoms with Gasteiger partial charge in [-0.2, -0.15) is 0 Å². The van der Waals surface area contributed by atoms with Crippen LogP contribution in [0.1, 0.15) is 55.1 Å². The molecule has 2 aromatic rings. The van der Waals surface area contributed by atoms with Gasteiger partial charge in [-0.05, 0) is 54.9 Å². The van der Waals surface area contributed by atoms with Gasteiger partial charge in [0.2, 0.25) is 5.91 Å². The van der Waals surface area contributed by atoms with Gasteiger partial charge in [0.15, 0.2) is 5.78 Å². The van der Waals surface area contributed by atoms with Crippen molar-refractivity contribution in [3.05, 3.63) is 71.0 Å². The van der Waals surface area contributed by atoms with E-state index in [0.717, 1.165) is 17.5 Å². The largest absolute Gasteiger partial charge is 0.342 e. The third kappa shape index (κ3) is 5.78. The van der Waals surface area contributed by atoms with E-state index in [1.807, 2.05) is 30.0 Å². The molecule has 0 spiro atoms. The van der Waals surface area contributed by atoms with E-state index in [-0.39, 0.29) is 29.3 Å². The molecule has 1 aliphatic rings. The van der Waals surface area contributed by atoms with Crippen LogP contribution in [0.25, 0.3) is 0 Å². The molecule has 1 saturated heterocycles. The molecule has 0 aliphatic carbocycles. The average molecular weight is 410 g/mol. The number of amides is 1. The number of carbonyl (C=O) groups excluding carboxylic acids is 2. The molecule has 0 aromatic heterocycles. The highest BCUT2D eigenvalue weighted by atomic mass is 19.1. The lowest BCUT2D eigenvalue weighted by Gasteiger charge is -2.33. The summed E-state index contributed by atoms with van der Waals surface area (Å²) >= 11 is 0. The average Bonchev–Trinajstić information content (AvgIpc) is 2.73. The van der Waals surface area contributed by atoms with Crippen molar-refractivity contribution in [2.24, 2.45) is 17.8 Å². The first-order chi connectivity index (χ1) is 14.3. The molecule has 1 atom stereocenters. The lowest BCUT2D eigenvalue weighted by molar-refractivity contribution is -0.136. The highest BCUT2D eigenvalue weighted by Crippen LogP contribution is 2.24. The third-order valence-corrected chi connectivity index (χ3v) is 5.91. The zero-order chi connectivity index (χ0) is 21.7. The molecule has 1 unspecified atom stereocenters. The molecule has 160 valence electrons. The standard InChI is InChI=1S/C26H32FNO2/c1-18(2)15-20-7-9-22(10-8-20)25(29)23-11-13-28(14-12-23)26(30)19(3)16-21-5-4-6-24(27)17-21/h4-10,17-19,23H,11-16H2,1-3H3. The van der Waals surface area contributed by atoms with E-state index in [1.165, 1.54) is 17.7 Å². The fourth-order valence-corrected chi connectivity index (χ4v) is 4.29. The van der Waals surface area contributed by atoms with E-state index < -0.39 is 0 Å². The number of rotatable bonds is 7. The molecule has 0 radical (unpaired) electrons. The molecule has 3 nitrogen and oxygen atoms in total. The van der Waals surface area contributed by atoms with E-state index in [2.05, 4.69) is 26.0 Å². The van der Waals surface area contributed by atoms with Crippen LogP contribution in [0.2, 0.25) is 0 Å². The number of halogens is 1. The van der Waals surface area contributed by atoms with Gasteiger partial charge in [0.25, 0.3) is 0 Å². The van der Waals surface area contributed by atoms with Crippen molar-refractivity contribution in [2.45, 2.75) is 46.5 Å². The summed E-state index contributed by atoms with van der Waals surface area (Å²) in [4.78, 5) is 27.5. The Morgan fingerprint density at radius 3 is 2.23 bits per heavy atom. The summed E-state index contributed by atoms with van der Waals surface area (Å²) in [5.74, 6) is 0.366. The minimum absolute atomic E-state index is 0.0245. The molecule has 0 N–H and O–H groups in total. The first-order valence-electron chi connectivity index (χ1n) is 11.0. The minimum Gasteiger partial charge on any atom is -0.342 e. The second kappa shape index (κ2) is 10.0. The van der Waals surface area contributed by atoms with Gasteiger partial charge in [-0.1, -0.05) is 57.2 Å². The van der Waals surface area contributed by atoms with E-state index in [4.69, 9.17) is 0 Å². The molecule has 0 saturated carbocycles. The molecule has 1 aliphatic heterocycles. The summed E-state index contributed by atoms with van der Waals surface area (Å²) in [7, 11) is 0. The lowest BCUT2D eigenvalue weighted by Crippen LogP contribution is -2.43. The van der Waals surface area contributed by atoms with E-state index >= 15 is 0 Å². The summed E-state index contributed by atoms with van der Waals surface area (Å²) in [5.41, 5.74) is 2.86. The van der Waals surface area contributed by atoms with Crippen LogP contribution in [-0.4, -0.2) is 29.7 Å². The van der Waals surface area contributed by atoms with Crippen molar-refractivity contribution in [1.82, 2.24) is 4.90 Å². The number of carbonyl (C=O) groups is 2. The van der Waals surface area contributed by atoms with Crippen molar-refractivity contribution >= 4 is 11.7 Å². The Labute approximate surface area is 179 Å². The molecule has 0 bridgehead atoms. The number of benzene rings is 2. The fraction of sp³-hybridized carbons (Fsp3) is 0.462. The second-order valence-corrected chi connectivity index (χ2v) is 8.99. The SMILES string of the molecule is CC(C)Cc1ccc(C(=O)C2CCN(C(=O)C(C)Cc3cccc(F)c3)CC2)cc1. The summed E-state index contributed by atoms with van der Waals surface area (Å²) < 4.78 is 13.4. The number of likely N-dealkylation sites (tertiary alicyclic amines) is 1. The normalized spacial score (nSPS) is 16.0. The van der Waals surface area contributed by atoms with Crippen LogP contribution >= 0.6 is 0 Å². The first-order valence-corrected chi connectivity index (χ1v) is 11.0. The van der Waals surface area contributed by atoms with Crippen molar-refractivity contribution in [3.63, 3.8) is 0 Å². The summed E-state index contributed by atoms with van der Waals surface area (Å²) in [6.45, 7) is 7.48. The molecule has 30 heavy (non-hydrogen) atoms. The van der Waals surface area contributed by atoms with Gasteiger partial charge >= 0.3 is 0 Å². The van der Waals surface area contributed by atoms with Gasteiger partial charge in [-0.25, -0.2) is 4.39 Å². The van der Waals surface area contributed by atoms with Crippen LogP contribution < -0.4 is 0 Å². The van der Waals surface area contributed by atoms with Crippen molar-refractivity contribution in [1.29, 1.82) is 0 Å². The Morgan fingerprint density at radius 2 is 1.63 bits per heavy atom. The number of hydrogen-bond acceptors (Lipinski definition) is 2. The Balaban J connectivity index is 1.52. The zero-order valence-electron chi connectivity index (χ0n) is 18.2. The molecule has 1 heterocycles. The lowest BCUT2D eigenvalue weighted by atomic mass is 9.87. The maximum atomic E-state index is 13.4. The van der Waals surface area contributed by atoms with Crippen LogP contribution in [0.3, 0.4) is 0 Å². The van der Waals surface area contributed by atoms with Gasteiger partial charge in [0.1, 0.15) is 5.82 Å². The maximum absolute atomic E-state index is 13.4. The topological polar surface area (TPSA) is 37.4 Å². The molecular formula is C26H32FNO2. The summed E-state index contributed by atoms with van der Waals surface area (Å²) in [5, 5.41) is 0. The first kappa shape index (κ1) is 22.2. The highest BCUT2D eigenvalue weighted by Gasteiger charge is 2.29. The van der Waals surface area contributed by atoms with Gasteiger partial charge in [-0.15, -0.1) is 0 Å². The molecule has 3 rings (SSSR count). The van der Waals surface area contributed by atoms with E-state index in [9.17, 15) is 14.0 Å². The molecule has 1 fully saturated rings. The monoisotopic (exact) mass is 409 g/mol. The molecule has 4 heteroatoms. The number of ketones is 1. The number of Topliss-reactive ketones (excluding diaryl/α,β-unsaturated/α-hetero) is 1. The van der Waals surface area contributed by atoms with Crippen LogP contribution in [-0.2, 0) is 17.6 Å². The Kier molecular flexibility index (Phi) is 7.41. The fourth-order valence-electron chi connectivity index (χ4n) is 4.29. The number of nitrogens with zero attached hydrogens (tertiary/aromatic N) is 1. The van der Waals surface area contributed by atoms with Crippen LogP contribution in [0.5, 0.6) is 0 Å². The van der Waals surface area contributed by atoms with Crippen LogP contribution in [0, 0.1) is 23.6 Å². The van der Waals surface area contributed by atoms with Crippen molar-refractivity contribution in [2.75, 3.05) is 13.1 Å². The van der Waals surface area contributed by atoms with E-state index in [1.54, 1.807) is 6.07 Å². The Bertz CT molecular complexity index is 867. The minimum atomic E-state index is -0.274. The third-order valence-electron chi connectivity index (χ3n) is 5.91. The molecule has 2 aromatic carbocycles. The summed E-state index contributed by atoms with van der Waals surface area (Å²) in [6.07, 6.45) is 2.94. The quantitative estimate of drug-likeness (QED) is 0.580. The van der Waals surface area contributed by atoms with Crippen LogP contribution in [0.15, 0.2) is 48.5 Å². The van der Waals surface area contributed by atoms with Crippen molar-refractivity contribution in [3.8, 4) is 0 Å². The van der Waals surface area contributed by atoms with Gasteiger partial charge in [0, 0.05) is 30.5 Å². The number of hydrogen-bond donors (Lipinski definition) is 0. The van der Waals surface area contributed by atoms with E-state index in [0.29, 0.717) is 38.3 Å². The second-order valence-electron chi connectivity index (χ2n) is 8.99. The van der Waals surface area contributed by atoms with Gasteiger partial charge < -0.3 is 4.90 Å². The smallest absolute Gasteiger partial charge is 0.225 e. The number of piperidine rings is 1. The molecular weight excluding hydrogens is 377 g/mol. The Morgan fingerprint density at radius 1 is 0.967 bits per heavy atom. The predicted octanol–water partition coefficient (Wildman–Crippen LogP) is 5.32. The van der Waals surface area contributed by atoms with Gasteiger partial charge in [-0.3, -0.25) is 9.59 Å². The predicted molar refractivity (Wildman–Crippen MR) is 118 cm³/mol. The maximum Gasteiger partial charge on any atom is 0.225 e. The van der Waals surface area contributed by atoms with Gasteiger partial charge in [0.05, 0.1) is 0 Å². The van der Waals surface area contributed by atoms with Crippen molar-refractivity contribution < 1.29 is 14.0 Å². The summed E-state index contributed by atoms with van der Waals surface area (Å²) in [6, 6.07) is 14.4. The molecule has 1 amide bonds. The highest BCUT2D eigenvalue weighted by molar-refractivity contribution is 5.98. The van der Waals surface area contributed by atoms with Crippen LogP contribution in [0.4, 0.5) is 4.39 Å².